The Morgan fingerprint density at radius 1 is 1.00 bits per heavy atom. The third-order valence-electron chi connectivity index (χ3n) is 4.34. The minimum absolute atomic E-state index is 0.134. The zero-order chi connectivity index (χ0) is 16.7. The first-order valence-electron chi connectivity index (χ1n) is 7.66. The average Bonchev–Trinajstić information content (AvgIpc) is 3.23. The van der Waals surface area contributed by atoms with Crippen molar-refractivity contribution in [1.29, 1.82) is 0 Å². The van der Waals surface area contributed by atoms with Crippen LogP contribution in [0.4, 0.5) is 0 Å². The Hall–Kier alpha value is -2.44. The van der Waals surface area contributed by atoms with E-state index in [0.717, 1.165) is 23.3 Å². The van der Waals surface area contributed by atoms with Crippen molar-refractivity contribution in [3.8, 4) is 11.5 Å². The molecule has 6 heteroatoms. The summed E-state index contributed by atoms with van der Waals surface area (Å²) in [5.74, 6) is 2.11. The highest BCUT2D eigenvalue weighted by atomic mass is 32.2. The van der Waals surface area contributed by atoms with Gasteiger partial charge in [-0.15, -0.1) is 0 Å². The molecule has 0 saturated heterocycles. The summed E-state index contributed by atoms with van der Waals surface area (Å²) in [7, 11) is -3.65. The van der Waals surface area contributed by atoms with Crippen molar-refractivity contribution < 1.29 is 12.8 Å². The molecule has 24 heavy (non-hydrogen) atoms. The van der Waals surface area contributed by atoms with E-state index in [1.807, 2.05) is 42.5 Å². The van der Waals surface area contributed by atoms with Crippen LogP contribution in [0.3, 0.4) is 0 Å². The van der Waals surface area contributed by atoms with Gasteiger partial charge in [-0.3, -0.25) is 0 Å². The van der Waals surface area contributed by atoms with E-state index in [9.17, 15) is 8.42 Å². The zero-order valence-electron chi connectivity index (χ0n) is 12.8. The predicted molar refractivity (Wildman–Crippen MR) is 89.9 cm³/mol. The first kappa shape index (κ1) is 15.1. The average molecular weight is 340 g/mol. The molecule has 0 radical (unpaired) electrons. The van der Waals surface area contributed by atoms with Gasteiger partial charge in [0.1, 0.15) is 5.76 Å². The van der Waals surface area contributed by atoms with Gasteiger partial charge in [-0.05, 0) is 42.2 Å². The summed E-state index contributed by atoms with van der Waals surface area (Å²) < 4.78 is 28.5. The van der Waals surface area contributed by atoms with E-state index in [2.05, 4.69) is 4.98 Å². The first-order valence-corrected chi connectivity index (χ1v) is 9.21. The van der Waals surface area contributed by atoms with Gasteiger partial charge < -0.3 is 4.42 Å². The Balaban J connectivity index is 1.52. The van der Waals surface area contributed by atoms with Gasteiger partial charge in [0.05, 0.1) is 11.1 Å². The van der Waals surface area contributed by atoms with E-state index in [1.54, 1.807) is 18.3 Å². The number of oxazole rings is 1. The van der Waals surface area contributed by atoms with Crippen molar-refractivity contribution in [3.05, 3.63) is 72.1 Å². The van der Waals surface area contributed by atoms with Crippen LogP contribution in [-0.4, -0.2) is 13.4 Å². The SMILES string of the molecule is NS(=O)(=O)c1ccc([C@@H]2C[C@H]2c2cnc(-c3ccccc3)o2)cc1. The van der Waals surface area contributed by atoms with Gasteiger partial charge in [0.25, 0.3) is 0 Å². The molecular formula is C18H16N2O3S. The van der Waals surface area contributed by atoms with E-state index in [0.29, 0.717) is 11.8 Å². The molecule has 0 amide bonds. The minimum atomic E-state index is -3.65. The number of sulfonamides is 1. The summed E-state index contributed by atoms with van der Waals surface area (Å²) in [6, 6.07) is 16.5. The monoisotopic (exact) mass is 340 g/mol. The molecular weight excluding hydrogens is 324 g/mol. The Morgan fingerprint density at radius 2 is 1.71 bits per heavy atom. The maximum Gasteiger partial charge on any atom is 0.238 e. The van der Waals surface area contributed by atoms with E-state index >= 15 is 0 Å². The lowest BCUT2D eigenvalue weighted by Crippen LogP contribution is -2.11. The highest BCUT2D eigenvalue weighted by molar-refractivity contribution is 7.89. The molecule has 1 fully saturated rings. The number of hydrogen-bond donors (Lipinski definition) is 1. The molecule has 3 aromatic rings. The number of nitrogens with zero attached hydrogens (tertiary/aromatic N) is 1. The number of primary sulfonamides is 1. The van der Waals surface area contributed by atoms with Crippen molar-refractivity contribution in [1.82, 2.24) is 4.98 Å². The molecule has 2 atom stereocenters. The Morgan fingerprint density at radius 3 is 2.38 bits per heavy atom. The maximum atomic E-state index is 11.3. The van der Waals surface area contributed by atoms with Crippen LogP contribution in [0.1, 0.15) is 29.6 Å². The molecule has 0 bridgehead atoms. The summed E-state index contributed by atoms with van der Waals surface area (Å²) >= 11 is 0. The van der Waals surface area contributed by atoms with E-state index in [-0.39, 0.29) is 10.8 Å². The van der Waals surface area contributed by atoms with E-state index < -0.39 is 10.0 Å². The number of nitrogens with two attached hydrogens (primary N) is 1. The summed E-state index contributed by atoms with van der Waals surface area (Å²) in [6.07, 6.45) is 2.75. The number of rotatable bonds is 4. The third kappa shape index (κ3) is 2.86. The van der Waals surface area contributed by atoms with Gasteiger partial charge in [-0.25, -0.2) is 18.5 Å². The van der Waals surface area contributed by atoms with Crippen LogP contribution < -0.4 is 5.14 Å². The second-order valence-electron chi connectivity index (χ2n) is 6.00. The van der Waals surface area contributed by atoms with Gasteiger partial charge >= 0.3 is 0 Å². The lowest BCUT2D eigenvalue weighted by atomic mass is 10.1. The molecule has 4 rings (SSSR count). The number of benzene rings is 2. The van der Waals surface area contributed by atoms with Crippen LogP contribution in [0.25, 0.3) is 11.5 Å². The van der Waals surface area contributed by atoms with Gasteiger partial charge in [-0.2, -0.15) is 0 Å². The second-order valence-corrected chi connectivity index (χ2v) is 7.56. The van der Waals surface area contributed by atoms with E-state index in [1.165, 1.54) is 0 Å². The molecule has 1 aliphatic carbocycles. The van der Waals surface area contributed by atoms with E-state index in [4.69, 9.17) is 9.56 Å². The fraction of sp³-hybridized carbons (Fsp3) is 0.167. The standard InChI is InChI=1S/C18H16N2O3S/c19-24(21,22)14-8-6-12(7-9-14)15-10-16(15)17-11-20-18(23-17)13-4-2-1-3-5-13/h1-9,11,15-16H,10H2,(H2,19,21,22)/t15-,16+/m0/s1. The highest BCUT2D eigenvalue weighted by Crippen LogP contribution is 2.55. The van der Waals surface area contributed by atoms with Gasteiger partial charge in [0.15, 0.2) is 0 Å². The molecule has 1 aliphatic rings. The smallest absolute Gasteiger partial charge is 0.238 e. The molecule has 2 N–H and O–H groups in total. The Kier molecular flexibility index (Phi) is 3.51. The summed E-state index contributed by atoms with van der Waals surface area (Å²) in [6.45, 7) is 0. The lowest BCUT2D eigenvalue weighted by Gasteiger charge is -2.01. The van der Waals surface area contributed by atoms with Gasteiger partial charge in [-0.1, -0.05) is 30.3 Å². The lowest BCUT2D eigenvalue weighted by molar-refractivity contribution is 0.518. The predicted octanol–water partition coefficient (Wildman–Crippen LogP) is 3.26. The molecule has 0 aliphatic heterocycles. The van der Waals surface area contributed by atoms with Crippen molar-refractivity contribution >= 4 is 10.0 Å². The second kappa shape index (κ2) is 5.58. The molecule has 5 nitrogen and oxygen atoms in total. The highest BCUT2D eigenvalue weighted by Gasteiger charge is 2.42. The van der Waals surface area contributed by atoms with Gasteiger partial charge in [0, 0.05) is 11.5 Å². The van der Waals surface area contributed by atoms with Crippen LogP contribution >= 0.6 is 0 Å². The fourth-order valence-corrected chi connectivity index (χ4v) is 3.47. The Bertz CT molecular complexity index is 963. The normalized spacial score (nSPS) is 20.0. The molecule has 0 spiro atoms. The van der Waals surface area contributed by atoms with Crippen LogP contribution in [0.5, 0.6) is 0 Å². The molecule has 0 unspecified atom stereocenters. The summed E-state index contributed by atoms with van der Waals surface area (Å²) in [5.41, 5.74) is 2.04. The van der Waals surface area contributed by atoms with Crippen molar-refractivity contribution in [2.24, 2.45) is 5.14 Å². The third-order valence-corrected chi connectivity index (χ3v) is 5.27. The minimum Gasteiger partial charge on any atom is -0.441 e. The largest absolute Gasteiger partial charge is 0.441 e. The van der Waals surface area contributed by atoms with Crippen LogP contribution in [-0.2, 0) is 10.0 Å². The molecule has 1 aromatic heterocycles. The van der Waals surface area contributed by atoms with Crippen molar-refractivity contribution in [3.63, 3.8) is 0 Å². The maximum absolute atomic E-state index is 11.3. The number of hydrogen-bond acceptors (Lipinski definition) is 4. The first-order chi connectivity index (χ1) is 11.5. The van der Waals surface area contributed by atoms with Gasteiger partial charge in [0.2, 0.25) is 15.9 Å². The molecule has 2 aromatic carbocycles. The molecule has 1 saturated carbocycles. The topological polar surface area (TPSA) is 86.2 Å². The quantitative estimate of drug-likeness (QED) is 0.790. The molecule has 1 heterocycles. The van der Waals surface area contributed by atoms with Crippen molar-refractivity contribution in [2.75, 3.05) is 0 Å². The Labute approximate surface area is 140 Å². The summed E-state index contributed by atoms with van der Waals surface area (Å²) in [4.78, 5) is 4.49. The molecule has 122 valence electrons. The fourth-order valence-electron chi connectivity index (χ4n) is 2.95. The van der Waals surface area contributed by atoms with Crippen LogP contribution in [0.15, 0.2) is 70.1 Å². The van der Waals surface area contributed by atoms with Crippen LogP contribution in [0.2, 0.25) is 0 Å². The summed E-state index contributed by atoms with van der Waals surface area (Å²) in [5, 5.41) is 5.12. The van der Waals surface area contributed by atoms with Crippen molar-refractivity contribution in [2.45, 2.75) is 23.2 Å². The zero-order valence-corrected chi connectivity index (χ0v) is 13.6. The number of aromatic nitrogens is 1. The van der Waals surface area contributed by atoms with Crippen LogP contribution in [0, 0.1) is 0 Å².